The SMILES string of the molecule is C.C.C.C.C.CC(C)O.CC(C)O[C@H]1C[C@@]2(C)[C@@H](CC[C@@H]3[C@@H]2CC[C@]2(C)C(=O)CC[C@@H]32)C[C@@H]1O.CC(C)O[C@H]1C[C@@]2(C)[C@@H](CC[C@@H]3[C@@H]2CC[C@]2(C)[C@@H](C#N)CC[C@@H]32)C[C@@H]1O.CC(C)O[C@H]1C[C@@]2(C)[C@@H](CC[C@@H]3[C@@H]2CC[C@]2(C)[C@H](C#N)CC[C@@H]32)C[C@@H]1O.C[C@]12C[C@H]3O[C@H]3C[C@@H]1CC[C@@H]1[C@@H]2CC[C@]2(C)C(=O)CC[C@@H]12.O=S(=O)(O)O. The van der Waals surface area contributed by atoms with Crippen LogP contribution in [0.25, 0.3) is 0 Å². The summed E-state index contributed by atoms with van der Waals surface area (Å²) in [4.78, 5) is 24.9. The molecule has 0 radical (unpaired) electrons. The van der Waals surface area contributed by atoms with Crippen molar-refractivity contribution in [1.29, 1.82) is 10.5 Å². The summed E-state index contributed by atoms with van der Waals surface area (Å²) in [7, 11) is -4.67. The lowest BCUT2D eigenvalue weighted by molar-refractivity contribution is -0.179. The number of ketones is 2. The Balaban J connectivity index is 0.000000197. The molecule has 648 valence electrons. The molecule has 17 fully saturated rings. The van der Waals surface area contributed by atoms with Crippen LogP contribution in [0.2, 0.25) is 0 Å². The number of aliphatic hydroxyl groups excluding tert-OH is 4. The molecule has 6 N–H and O–H groups in total. The fraction of sp³-hybridized carbons (Fsp3) is 0.958. The van der Waals surface area contributed by atoms with E-state index in [1.165, 1.54) is 122 Å². The molecule has 0 aromatic rings. The monoisotopic (exact) mass is 1590 g/mol. The van der Waals surface area contributed by atoms with Crippen molar-refractivity contribution in [2.45, 2.75) is 427 Å². The third kappa shape index (κ3) is 18.2. The Labute approximate surface area is 683 Å². The number of nitrogens with zero attached hydrogens (tertiary/aromatic N) is 2. The molecule has 1 aliphatic heterocycles. The van der Waals surface area contributed by atoms with Crippen LogP contribution in [0.1, 0.15) is 353 Å². The summed E-state index contributed by atoms with van der Waals surface area (Å²) in [5.41, 5.74) is 1.88. The van der Waals surface area contributed by atoms with Crippen molar-refractivity contribution < 1.29 is 66.5 Å². The highest BCUT2D eigenvalue weighted by molar-refractivity contribution is 7.79. The molecule has 0 spiro atoms. The van der Waals surface area contributed by atoms with Crippen molar-refractivity contribution in [3.05, 3.63) is 0 Å². The van der Waals surface area contributed by atoms with Gasteiger partial charge in [-0.05, 0) is 375 Å². The van der Waals surface area contributed by atoms with Crippen LogP contribution < -0.4 is 0 Å². The second-order valence-corrected chi connectivity index (χ2v) is 43.4. The Bertz CT molecular complexity index is 3200. The van der Waals surface area contributed by atoms with Gasteiger partial charge in [-0.1, -0.05) is 92.5 Å². The van der Waals surface area contributed by atoms with E-state index < -0.39 is 10.4 Å². The lowest BCUT2D eigenvalue weighted by Crippen LogP contribution is -2.57. The molecule has 0 unspecified atom stereocenters. The van der Waals surface area contributed by atoms with Gasteiger partial charge < -0.3 is 39.4 Å². The Kier molecular flexibility index (Phi) is 31.8. The zero-order valence-corrected chi connectivity index (χ0v) is 70.0. The van der Waals surface area contributed by atoms with Crippen LogP contribution >= 0.6 is 0 Å². The summed E-state index contributed by atoms with van der Waals surface area (Å²) in [6.07, 6.45) is 37.9. The molecule has 0 bridgehead atoms. The summed E-state index contributed by atoms with van der Waals surface area (Å²) in [5.74, 6) is 13.4. The topological polar surface area (TPSA) is 277 Å². The van der Waals surface area contributed by atoms with Gasteiger partial charge in [0.05, 0.1) is 91.1 Å². The molecular weight excluding hydrogens is 1430 g/mol. The average Bonchev–Trinajstić information content (AvgIpc) is 1.41. The number of aliphatic hydroxyl groups is 4. The molecular formula is C95H168N2O14S. The number of rotatable bonds is 6. The summed E-state index contributed by atoms with van der Waals surface area (Å²) < 4.78 is 55.9. The van der Waals surface area contributed by atoms with Gasteiger partial charge in [-0.2, -0.15) is 18.9 Å². The van der Waals surface area contributed by atoms with Gasteiger partial charge >= 0.3 is 10.4 Å². The number of Topliss-reactive ketones (excluding diaryl/α,β-unsaturated/α-hetero) is 2. The van der Waals surface area contributed by atoms with Crippen molar-refractivity contribution in [2.24, 2.45) is 150 Å². The quantitative estimate of drug-likeness (QED) is 0.106. The number of nitriles is 2. The van der Waals surface area contributed by atoms with Crippen LogP contribution in [0.3, 0.4) is 0 Å². The lowest BCUT2D eigenvalue weighted by Gasteiger charge is -2.61. The van der Waals surface area contributed by atoms with Crippen LogP contribution in [0, 0.1) is 173 Å². The molecule has 17 rings (SSSR count). The van der Waals surface area contributed by atoms with Gasteiger partial charge in [-0.15, -0.1) is 0 Å². The van der Waals surface area contributed by atoms with Gasteiger partial charge in [0.1, 0.15) is 11.6 Å². The molecule has 0 amide bonds. The van der Waals surface area contributed by atoms with E-state index >= 15 is 0 Å². The summed E-state index contributed by atoms with van der Waals surface area (Å²) in [5, 5.41) is 59.3. The predicted molar refractivity (Wildman–Crippen MR) is 449 cm³/mol. The van der Waals surface area contributed by atoms with Gasteiger partial charge in [0, 0.05) is 29.8 Å². The largest absolute Gasteiger partial charge is 0.394 e. The van der Waals surface area contributed by atoms with Crippen molar-refractivity contribution in [3.8, 4) is 12.1 Å². The third-order valence-electron chi connectivity index (χ3n) is 36.0. The van der Waals surface area contributed by atoms with Gasteiger partial charge in [0.25, 0.3) is 0 Å². The maximum absolute atomic E-state index is 12.5. The lowest BCUT2D eigenvalue weighted by atomic mass is 9.44. The first-order valence-corrected chi connectivity index (χ1v) is 45.4. The molecule has 16 aliphatic carbocycles. The molecule has 1 heterocycles. The Morgan fingerprint density at radius 3 is 0.946 bits per heavy atom. The first-order valence-electron chi connectivity index (χ1n) is 44.0. The van der Waals surface area contributed by atoms with E-state index in [0.29, 0.717) is 81.4 Å². The van der Waals surface area contributed by atoms with E-state index in [0.717, 1.165) is 137 Å². The summed E-state index contributed by atoms with van der Waals surface area (Å²) in [6.45, 7) is 35.4. The normalized spacial score (nSPS) is 49.0. The minimum absolute atomic E-state index is 0. The first kappa shape index (κ1) is 97.0. The van der Waals surface area contributed by atoms with Gasteiger partial charge in [0.2, 0.25) is 0 Å². The fourth-order valence-electron chi connectivity index (χ4n) is 30.7. The van der Waals surface area contributed by atoms with Gasteiger partial charge in [-0.3, -0.25) is 18.7 Å². The first-order chi connectivity index (χ1) is 50.1. The second-order valence-electron chi connectivity index (χ2n) is 42.5. The van der Waals surface area contributed by atoms with Gasteiger partial charge in [0.15, 0.2) is 0 Å². The fourth-order valence-corrected chi connectivity index (χ4v) is 30.7. The molecule has 17 aliphatic rings. The molecule has 16 nitrogen and oxygen atoms in total. The highest BCUT2D eigenvalue weighted by Crippen LogP contribution is 2.72. The van der Waals surface area contributed by atoms with Crippen LogP contribution in [0.15, 0.2) is 0 Å². The third-order valence-corrected chi connectivity index (χ3v) is 36.0. The zero-order valence-electron chi connectivity index (χ0n) is 69.2. The highest BCUT2D eigenvalue weighted by atomic mass is 32.3. The predicted octanol–water partition coefficient (Wildman–Crippen LogP) is 21.1. The maximum atomic E-state index is 12.5. The summed E-state index contributed by atoms with van der Waals surface area (Å²) >= 11 is 0. The van der Waals surface area contributed by atoms with Crippen molar-refractivity contribution in [1.82, 2.24) is 0 Å². The smallest absolute Gasteiger partial charge is 0.394 e. The molecule has 34 atom stereocenters. The van der Waals surface area contributed by atoms with Crippen LogP contribution in [0.4, 0.5) is 0 Å². The minimum Gasteiger partial charge on any atom is -0.394 e. The van der Waals surface area contributed by atoms with E-state index in [2.05, 4.69) is 109 Å². The van der Waals surface area contributed by atoms with Crippen LogP contribution in [-0.4, -0.2) is 123 Å². The minimum atomic E-state index is -4.67. The number of hydrogen-bond donors (Lipinski definition) is 6. The van der Waals surface area contributed by atoms with Crippen molar-refractivity contribution >= 4 is 22.0 Å². The molecule has 1 saturated heterocycles. The second kappa shape index (κ2) is 36.7. The van der Waals surface area contributed by atoms with Crippen molar-refractivity contribution in [3.63, 3.8) is 0 Å². The molecule has 16 saturated carbocycles. The Morgan fingerprint density at radius 2 is 0.652 bits per heavy atom. The number of ether oxygens (including phenoxy) is 4. The maximum Gasteiger partial charge on any atom is 0.394 e. The van der Waals surface area contributed by atoms with E-state index in [-0.39, 0.29) is 137 Å². The number of fused-ring (bicyclic) bond motifs is 21. The Hall–Kier alpha value is -2.13. The number of carbonyl (C=O) groups is 2. The van der Waals surface area contributed by atoms with Crippen LogP contribution in [-0.2, 0) is 38.9 Å². The molecule has 112 heavy (non-hydrogen) atoms. The Morgan fingerprint density at radius 1 is 0.384 bits per heavy atom. The van der Waals surface area contributed by atoms with Crippen LogP contribution in [0.5, 0.6) is 0 Å². The zero-order chi connectivity index (χ0) is 77.8. The number of epoxide rings is 1. The van der Waals surface area contributed by atoms with E-state index in [9.17, 15) is 35.4 Å². The number of carbonyl (C=O) groups excluding carboxylic acids is 2. The highest BCUT2D eigenvalue weighted by Gasteiger charge is 2.67. The molecule has 17 heteroatoms. The van der Waals surface area contributed by atoms with E-state index in [4.69, 9.17) is 41.6 Å². The summed E-state index contributed by atoms with van der Waals surface area (Å²) in [6, 6.07) is 5.29. The molecule has 0 aromatic carbocycles. The van der Waals surface area contributed by atoms with E-state index in [1.807, 2.05) is 0 Å². The number of hydrogen-bond acceptors (Lipinski definition) is 14. The van der Waals surface area contributed by atoms with Crippen molar-refractivity contribution in [2.75, 3.05) is 0 Å². The standard InChI is InChI=1S/2C23H37NO2.C22H36O3.C19H28O2.C3H8O.5CH4.H2O4S/c2*1-14(2)26-21-12-23(4)15(11-20(21)25)5-7-17-18-8-6-16(13-24)22(18,3)10-9-19(17)23;1-13(2)25-19-12-22(4)14(11-18(19)23)5-6-15-16-7-8-20(24)21(16,3)10-9-17(15)22;1-18-8-7-14-12(13(18)5-6-17(18)20)4-3-11-9-15-16(21-15)10-19(11,14)2;1-3(2)4;;;;;;1-5(2,3)4/h2*14-21,25H,5-12H2,1-4H3;13-19,23H,5-12H2,1-4H3;11-16H,3-10H2,1-2H3;3-4H,1-2H3;5*1H4;(H2,1,2,3,4)/t15-,16+,17-,18-,19-,20-,21-,22+,23-;15-,16-,17-,18-,19-,20-,21-,22+,23-;14-,15-,16-,17-,18-,19-,21-,22-;11-,12-,13-,14-,15-,16+,18-,19-;;;;;;;/m0000......./s1. The van der Waals surface area contributed by atoms with Gasteiger partial charge in [-0.25, -0.2) is 0 Å². The molecule has 0 aromatic heterocycles. The average molecular weight is 1590 g/mol. The van der Waals surface area contributed by atoms with E-state index in [1.54, 1.807) is 13.8 Å².